The highest BCUT2D eigenvalue weighted by atomic mass is 16.5. The number of hydrogen-bond acceptors (Lipinski definition) is 7. The molecule has 34 heavy (non-hydrogen) atoms. The van der Waals surface area contributed by atoms with Gasteiger partial charge in [0.15, 0.2) is 6.61 Å². The van der Waals surface area contributed by atoms with E-state index in [4.69, 9.17) is 9.47 Å². The van der Waals surface area contributed by atoms with Crippen LogP contribution in [-0.4, -0.2) is 45.5 Å². The summed E-state index contributed by atoms with van der Waals surface area (Å²) in [5.74, 6) is -0.946. The Bertz CT molecular complexity index is 1350. The monoisotopic (exact) mass is 465 g/mol. The first-order valence-corrected chi connectivity index (χ1v) is 11.4. The Hall–Kier alpha value is -3.75. The number of hydrogen-bond donors (Lipinski definition) is 1. The molecule has 0 saturated heterocycles. The summed E-state index contributed by atoms with van der Waals surface area (Å²) in [5, 5.41) is 0.447. The first-order valence-electron chi connectivity index (χ1n) is 11.4. The van der Waals surface area contributed by atoms with Crippen molar-refractivity contribution in [3.05, 3.63) is 62.5 Å². The van der Waals surface area contributed by atoms with Gasteiger partial charge in [-0.15, -0.1) is 0 Å². The van der Waals surface area contributed by atoms with Gasteiger partial charge in [-0.05, 0) is 57.4 Å². The molecule has 0 bridgehead atoms. The molecular weight excluding hydrogens is 438 g/mol. The van der Waals surface area contributed by atoms with Gasteiger partial charge in [-0.25, -0.2) is 14.6 Å². The Balaban J connectivity index is 1.52. The summed E-state index contributed by atoms with van der Waals surface area (Å²) >= 11 is 0. The predicted octanol–water partition coefficient (Wildman–Crippen LogP) is 3.28. The fourth-order valence-corrected chi connectivity index (χ4v) is 4.37. The quantitative estimate of drug-likeness (QED) is 0.438. The highest BCUT2D eigenvalue weighted by Gasteiger charge is 2.24. The molecule has 0 amide bonds. The summed E-state index contributed by atoms with van der Waals surface area (Å²) in [6, 6.07) is 4.61. The molecule has 0 spiro atoms. The van der Waals surface area contributed by atoms with E-state index in [0.717, 1.165) is 31.5 Å². The van der Waals surface area contributed by atoms with Crippen molar-refractivity contribution in [1.82, 2.24) is 14.5 Å². The SMILES string of the molecule is CCOC(=O)c1c(C)[nH]c(C(=O)COC(=O)c2ccc3c(=O)n4c(nc3c2)CCCCC4)c1C. The minimum Gasteiger partial charge on any atom is -0.462 e. The van der Waals surface area contributed by atoms with Crippen molar-refractivity contribution in [3.8, 4) is 0 Å². The van der Waals surface area contributed by atoms with E-state index < -0.39 is 24.3 Å². The third-order valence-corrected chi connectivity index (χ3v) is 6.08. The number of aryl methyl sites for hydroxylation is 2. The molecular formula is C25H27N3O6. The number of esters is 2. The molecule has 9 nitrogen and oxygen atoms in total. The van der Waals surface area contributed by atoms with Crippen molar-refractivity contribution in [2.75, 3.05) is 13.2 Å². The van der Waals surface area contributed by atoms with Crippen molar-refractivity contribution in [2.45, 2.75) is 53.0 Å². The number of nitrogens with one attached hydrogen (secondary N) is 1. The number of carbonyl (C=O) groups excluding carboxylic acids is 3. The first kappa shape index (κ1) is 23.4. The van der Waals surface area contributed by atoms with E-state index in [1.807, 2.05) is 0 Å². The smallest absolute Gasteiger partial charge is 0.340 e. The van der Waals surface area contributed by atoms with E-state index in [2.05, 4.69) is 9.97 Å². The third kappa shape index (κ3) is 4.37. The van der Waals surface area contributed by atoms with Crippen molar-refractivity contribution < 1.29 is 23.9 Å². The van der Waals surface area contributed by atoms with Crippen LogP contribution in [0.25, 0.3) is 10.9 Å². The average molecular weight is 466 g/mol. The predicted molar refractivity (Wildman–Crippen MR) is 124 cm³/mol. The van der Waals surface area contributed by atoms with E-state index >= 15 is 0 Å². The maximum absolute atomic E-state index is 12.9. The molecule has 0 aliphatic carbocycles. The van der Waals surface area contributed by atoms with E-state index in [1.54, 1.807) is 31.4 Å². The van der Waals surface area contributed by atoms with Crippen molar-refractivity contribution in [2.24, 2.45) is 0 Å². The average Bonchev–Trinajstić information content (AvgIpc) is 2.97. The van der Waals surface area contributed by atoms with Crippen LogP contribution in [0.5, 0.6) is 0 Å². The number of nitrogens with zero attached hydrogens (tertiary/aromatic N) is 2. The zero-order valence-electron chi connectivity index (χ0n) is 19.5. The molecule has 178 valence electrons. The van der Waals surface area contributed by atoms with Crippen LogP contribution in [0.1, 0.15) is 74.5 Å². The molecule has 0 atom stereocenters. The first-order chi connectivity index (χ1) is 16.3. The molecule has 2 aromatic heterocycles. The lowest BCUT2D eigenvalue weighted by Gasteiger charge is -2.11. The Morgan fingerprint density at radius 2 is 1.88 bits per heavy atom. The third-order valence-electron chi connectivity index (χ3n) is 6.08. The van der Waals surface area contributed by atoms with Crippen LogP contribution in [0.3, 0.4) is 0 Å². The van der Waals surface area contributed by atoms with Crippen LogP contribution in [0, 0.1) is 13.8 Å². The molecule has 0 saturated carbocycles. The molecule has 9 heteroatoms. The summed E-state index contributed by atoms with van der Waals surface area (Å²) < 4.78 is 12.0. The Kier molecular flexibility index (Phi) is 6.63. The molecule has 0 unspecified atom stereocenters. The molecule has 3 aromatic rings. The molecule has 0 radical (unpaired) electrons. The molecule has 1 aliphatic heterocycles. The lowest BCUT2D eigenvalue weighted by Crippen LogP contribution is -2.24. The number of carbonyl (C=O) groups is 3. The molecule has 0 fully saturated rings. The number of fused-ring (bicyclic) bond motifs is 2. The second-order valence-corrected chi connectivity index (χ2v) is 8.37. The summed E-state index contributed by atoms with van der Waals surface area (Å²) in [7, 11) is 0. The maximum Gasteiger partial charge on any atom is 0.340 e. The summed E-state index contributed by atoms with van der Waals surface area (Å²) in [6.45, 7) is 5.39. The van der Waals surface area contributed by atoms with Crippen LogP contribution < -0.4 is 5.56 Å². The number of Topliss-reactive ketones (excluding diaryl/α,β-unsaturated/α-hetero) is 1. The number of aromatic nitrogens is 3. The van der Waals surface area contributed by atoms with Gasteiger partial charge in [-0.2, -0.15) is 0 Å². The largest absolute Gasteiger partial charge is 0.462 e. The number of rotatable bonds is 6. The number of ketones is 1. The van der Waals surface area contributed by atoms with Crippen molar-refractivity contribution in [1.29, 1.82) is 0 Å². The van der Waals surface area contributed by atoms with Crippen LogP contribution >= 0.6 is 0 Å². The fourth-order valence-electron chi connectivity index (χ4n) is 4.37. The molecule has 1 aromatic carbocycles. The molecule has 1 N–H and O–H groups in total. The van der Waals surface area contributed by atoms with E-state index in [1.165, 1.54) is 12.1 Å². The van der Waals surface area contributed by atoms with Gasteiger partial charge >= 0.3 is 11.9 Å². The zero-order chi connectivity index (χ0) is 24.4. The number of H-pyrrole nitrogens is 1. The molecule has 1 aliphatic rings. The van der Waals surface area contributed by atoms with Gasteiger partial charge in [0.2, 0.25) is 5.78 Å². The van der Waals surface area contributed by atoms with E-state index in [9.17, 15) is 19.2 Å². The fraction of sp³-hybridized carbons (Fsp3) is 0.400. The summed E-state index contributed by atoms with van der Waals surface area (Å²) in [5.41, 5.74) is 2.01. The second kappa shape index (κ2) is 9.62. The number of aromatic amines is 1. The van der Waals surface area contributed by atoms with Crippen LogP contribution in [0.4, 0.5) is 0 Å². The standard InChI is InChI=1S/C25H27N3O6/c1-4-33-25(32)21-14(2)22(26-15(21)3)19(29)13-34-24(31)16-9-10-17-18(12-16)27-20-8-6-5-7-11-28(20)23(17)30/h9-10,12,26H,4-8,11,13H2,1-3H3. The van der Waals surface area contributed by atoms with Crippen molar-refractivity contribution >= 4 is 28.6 Å². The van der Waals surface area contributed by atoms with Gasteiger partial charge in [-0.1, -0.05) is 6.42 Å². The highest BCUT2D eigenvalue weighted by Crippen LogP contribution is 2.20. The Labute approximate surface area is 196 Å². The van der Waals surface area contributed by atoms with Crippen LogP contribution in [-0.2, 0) is 22.4 Å². The minimum absolute atomic E-state index is 0.105. The van der Waals surface area contributed by atoms with Gasteiger partial charge in [0.1, 0.15) is 5.82 Å². The molecule has 4 rings (SSSR count). The van der Waals surface area contributed by atoms with E-state index in [0.29, 0.717) is 34.3 Å². The normalized spacial score (nSPS) is 13.3. The molecule has 3 heterocycles. The van der Waals surface area contributed by atoms with Gasteiger partial charge in [0.25, 0.3) is 5.56 Å². The second-order valence-electron chi connectivity index (χ2n) is 8.37. The Morgan fingerprint density at radius 1 is 1.09 bits per heavy atom. The lowest BCUT2D eigenvalue weighted by atomic mass is 10.1. The van der Waals surface area contributed by atoms with E-state index in [-0.39, 0.29) is 23.4 Å². The van der Waals surface area contributed by atoms with Crippen molar-refractivity contribution in [3.63, 3.8) is 0 Å². The minimum atomic E-state index is -0.696. The van der Waals surface area contributed by atoms with Gasteiger partial charge in [0, 0.05) is 18.7 Å². The van der Waals surface area contributed by atoms with Gasteiger partial charge in [-0.3, -0.25) is 14.2 Å². The van der Waals surface area contributed by atoms with Gasteiger partial charge < -0.3 is 14.5 Å². The summed E-state index contributed by atoms with van der Waals surface area (Å²) in [4.78, 5) is 57.8. The number of ether oxygens (including phenoxy) is 2. The zero-order valence-corrected chi connectivity index (χ0v) is 19.5. The number of benzene rings is 1. The van der Waals surface area contributed by atoms with Crippen LogP contribution in [0.15, 0.2) is 23.0 Å². The topological polar surface area (TPSA) is 120 Å². The Morgan fingerprint density at radius 3 is 2.65 bits per heavy atom. The summed E-state index contributed by atoms with van der Waals surface area (Å²) in [6.07, 6.45) is 3.68. The maximum atomic E-state index is 12.9. The van der Waals surface area contributed by atoms with Crippen LogP contribution in [0.2, 0.25) is 0 Å². The highest BCUT2D eigenvalue weighted by molar-refractivity contribution is 6.03. The lowest BCUT2D eigenvalue weighted by molar-refractivity contribution is 0.0472. The van der Waals surface area contributed by atoms with Gasteiger partial charge in [0.05, 0.1) is 34.3 Å².